The van der Waals surface area contributed by atoms with Gasteiger partial charge in [0.15, 0.2) is 0 Å². The first-order valence-electron chi connectivity index (χ1n) is 6.31. The maximum atomic E-state index is 5.69. The topological polar surface area (TPSA) is 21.3 Å². The molecule has 0 radical (unpaired) electrons. The van der Waals surface area contributed by atoms with Crippen molar-refractivity contribution in [2.24, 2.45) is 0 Å². The van der Waals surface area contributed by atoms with Crippen molar-refractivity contribution in [2.75, 3.05) is 13.2 Å². The highest BCUT2D eigenvalue weighted by atomic mass is 16.5. The maximum Gasteiger partial charge on any atom is 0.0587 e. The summed E-state index contributed by atoms with van der Waals surface area (Å²) in [6, 6.07) is 10.5. The minimum absolute atomic E-state index is 0.497. The zero-order chi connectivity index (χ0) is 11.1. The van der Waals surface area contributed by atoms with Crippen LogP contribution >= 0.6 is 0 Å². The van der Waals surface area contributed by atoms with Crippen LogP contribution in [0.5, 0.6) is 0 Å². The lowest BCUT2D eigenvalue weighted by molar-refractivity contribution is 0.0115. The van der Waals surface area contributed by atoms with Crippen LogP contribution < -0.4 is 5.32 Å². The van der Waals surface area contributed by atoms with Crippen molar-refractivity contribution in [2.45, 2.75) is 38.3 Å². The van der Waals surface area contributed by atoms with E-state index in [0.29, 0.717) is 6.10 Å². The molecule has 1 unspecified atom stereocenters. The van der Waals surface area contributed by atoms with Crippen LogP contribution in [-0.2, 0) is 11.3 Å². The molecule has 16 heavy (non-hydrogen) atoms. The average Bonchev–Trinajstić information content (AvgIpc) is 2.37. The molecule has 88 valence electrons. The molecular formula is C14H21NO. The van der Waals surface area contributed by atoms with Crippen LogP contribution in [0.25, 0.3) is 0 Å². The minimum Gasteiger partial charge on any atom is -0.378 e. The molecule has 0 aliphatic carbocycles. The van der Waals surface area contributed by atoms with Crippen molar-refractivity contribution in [3.63, 3.8) is 0 Å². The molecule has 2 heteroatoms. The number of benzene rings is 1. The largest absolute Gasteiger partial charge is 0.378 e. The van der Waals surface area contributed by atoms with Gasteiger partial charge in [0.1, 0.15) is 0 Å². The molecule has 0 spiro atoms. The Balaban J connectivity index is 1.58. The first-order valence-corrected chi connectivity index (χ1v) is 6.31. The van der Waals surface area contributed by atoms with Crippen molar-refractivity contribution >= 4 is 0 Å². The number of hydrogen-bond acceptors (Lipinski definition) is 2. The van der Waals surface area contributed by atoms with Gasteiger partial charge in [-0.3, -0.25) is 0 Å². The predicted molar refractivity (Wildman–Crippen MR) is 66.4 cm³/mol. The molecule has 1 saturated heterocycles. The lowest BCUT2D eigenvalue weighted by Crippen LogP contribution is -2.25. The highest BCUT2D eigenvalue weighted by molar-refractivity contribution is 5.14. The molecule has 1 heterocycles. The summed E-state index contributed by atoms with van der Waals surface area (Å²) in [7, 11) is 0. The van der Waals surface area contributed by atoms with E-state index in [1.54, 1.807) is 0 Å². The number of ether oxygens (including phenoxy) is 1. The number of hydrogen-bond donors (Lipinski definition) is 1. The van der Waals surface area contributed by atoms with E-state index in [1.165, 1.54) is 24.8 Å². The van der Waals surface area contributed by atoms with Crippen molar-refractivity contribution < 1.29 is 4.74 Å². The van der Waals surface area contributed by atoms with Gasteiger partial charge in [0.25, 0.3) is 0 Å². The van der Waals surface area contributed by atoms with Crippen molar-refractivity contribution in [3.05, 3.63) is 35.9 Å². The standard InChI is InChI=1S/C14H21NO/c1-2-6-13(7-3-1)12-15-10-9-14-8-4-5-11-16-14/h1-3,6-7,14-15H,4-5,8-12H2. The lowest BCUT2D eigenvalue weighted by Gasteiger charge is -2.22. The van der Waals surface area contributed by atoms with Crippen molar-refractivity contribution in [1.29, 1.82) is 0 Å². The molecule has 0 amide bonds. The van der Waals surface area contributed by atoms with E-state index in [-0.39, 0.29) is 0 Å². The Morgan fingerprint density at radius 1 is 1.19 bits per heavy atom. The third-order valence-corrected chi connectivity index (χ3v) is 3.09. The van der Waals surface area contributed by atoms with E-state index >= 15 is 0 Å². The number of nitrogens with one attached hydrogen (secondary N) is 1. The van der Waals surface area contributed by atoms with E-state index in [1.807, 2.05) is 0 Å². The summed E-state index contributed by atoms with van der Waals surface area (Å²) in [5, 5.41) is 3.47. The van der Waals surface area contributed by atoms with Gasteiger partial charge in [-0.25, -0.2) is 0 Å². The average molecular weight is 219 g/mol. The van der Waals surface area contributed by atoms with Crippen LogP contribution in [0.15, 0.2) is 30.3 Å². The summed E-state index contributed by atoms with van der Waals surface area (Å²) in [4.78, 5) is 0. The molecule has 0 saturated carbocycles. The van der Waals surface area contributed by atoms with Gasteiger partial charge in [-0.15, -0.1) is 0 Å². The Bertz CT molecular complexity index is 280. The van der Waals surface area contributed by atoms with E-state index in [4.69, 9.17) is 4.74 Å². The summed E-state index contributed by atoms with van der Waals surface area (Å²) in [5.41, 5.74) is 1.35. The fourth-order valence-electron chi connectivity index (χ4n) is 2.13. The van der Waals surface area contributed by atoms with E-state index in [0.717, 1.165) is 26.1 Å². The van der Waals surface area contributed by atoms with E-state index < -0.39 is 0 Å². The summed E-state index contributed by atoms with van der Waals surface area (Å²) in [5.74, 6) is 0. The first kappa shape index (κ1) is 11.6. The third-order valence-electron chi connectivity index (χ3n) is 3.09. The molecule has 0 aromatic heterocycles. The van der Waals surface area contributed by atoms with Crippen LogP contribution in [0.4, 0.5) is 0 Å². The second kappa shape index (κ2) is 6.66. The molecule has 0 bridgehead atoms. The van der Waals surface area contributed by atoms with Crippen LogP contribution in [0.3, 0.4) is 0 Å². The van der Waals surface area contributed by atoms with Crippen LogP contribution in [0, 0.1) is 0 Å². The zero-order valence-corrected chi connectivity index (χ0v) is 9.82. The second-order valence-electron chi connectivity index (χ2n) is 4.44. The van der Waals surface area contributed by atoms with E-state index in [9.17, 15) is 0 Å². The Labute approximate surface area is 98.0 Å². The second-order valence-corrected chi connectivity index (χ2v) is 4.44. The van der Waals surface area contributed by atoms with Crippen LogP contribution in [0.1, 0.15) is 31.2 Å². The third kappa shape index (κ3) is 3.95. The van der Waals surface area contributed by atoms with Gasteiger partial charge in [0.2, 0.25) is 0 Å². The smallest absolute Gasteiger partial charge is 0.0587 e. The van der Waals surface area contributed by atoms with Crippen LogP contribution in [-0.4, -0.2) is 19.3 Å². The molecule has 1 atom stereocenters. The summed E-state index contributed by atoms with van der Waals surface area (Å²) >= 11 is 0. The quantitative estimate of drug-likeness (QED) is 0.769. The Morgan fingerprint density at radius 3 is 2.81 bits per heavy atom. The highest BCUT2D eigenvalue weighted by Gasteiger charge is 2.12. The molecule has 1 aromatic carbocycles. The molecular weight excluding hydrogens is 198 g/mol. The number of rotatable bonds is 5. The Morgan fingerprint density at radius 2 is 2.06 bits per heavy atom. The normalized spacial score (nSPS) is 20.9. The molecule has 1 fully saturated rings. The summed E-state index contributed by atoms with van der Waals surface area (Å²) < 4.78 is 5.69. The van der Waals surface area contributed by atoms with E-state index in [2.05, 4.69) is 35.6 Å². The van der Waals surface area contributed by atoms with Gasteiger partial charge in [0, 0.05) is 13.2 Å². The molecule has 2 nitrogen and oxygen atoms in total. The Kier molecular flexibility index (Phi) is 4.84. The molecule has 1 aromatic rings. The first-order chi connectivity index (χ1) is 7.95. The molecule has 1 N–H and O–H groups in total. The summed E-state index contributed by atoms with van der Waals surface area (Å²) in [6.07, 6.45) is 5.47. The molecule has 1 aliphatic heterocycles. The highest BCUT2D eigenvalue weighted by Crippen LogP contribution is 2.14. The summed E-state index contributed by atoms with van der Waals surface area (Å²) in [6.45, 7) is 2.98. The van der Waals surface area contributed by atoms with Crippen molar-refractivity contribution in [3.8, 4) is 0 Å². The van der Waals surface area contributed by atoms with Gasteiger partial charge >= 0.3 is 0 Å². The molecule has 1 aliphatic rings. The fourth-order valence-corrected chi connectivity index (χ4v) is 2.13. The van der Waals surface area contributed by atoms with Crippen LogP contribution in [0.2, 0.25) is 0 Å². The zero-order valence-electron chi connectivity index (χ0n) is 9.82. The fraction of sp³-hybridized carbons (Fsp3) is 0.571. The predicted octanol–water partition coefficient (Wildman–Crippen LogP) is 2.74. The molecule has 2 rings (SSSR count). The lowest BCUT2D eigenvalue weighted by atomic mass is 10.1. The van der Waals surface area contributed by atoms with Gasteiger partial charge in [-0.05, 0) is 37.8 Å². The van der Waals surface area contributed by atoms with Crippen molar-refractivity contribution in [1.82, 2.24) is 5.32 Å². The maximum absolute atomic E-state index is 5.69. The minimum atomic E-state index is 0.497. The Hall–Kier alpha value is -0.860. The SMILES string of the molecule is c1ccc(CNCCC2CCCCO2)cc1. The van der Waals surface area contributed by atoms with Gasteiger partial charge in [0.05, 0.1) is 6.10 Å². The monoisotopic (exact) mass is 219 g/mol. The van der Waals surface area contributed by atoms with Gasteiger partial charge in [-0.2, -0.15) is 0 Å². The van der Waals surface area contributed by atoms with Gasteiger partial charge in [-0.1, -0.05) is 30.3 Å². The van der Waals surface area contributed by atoms with Gasteiger partial charge < -0.3 is 10.1 Å².